The SMILES string of the molecule is CNc1ccc(C2(C(F)(F)F)CC2)cc1. The van der Waals surface area contributed by atoms with Gasteiger partial charge in [-0.05, 0) is 30.5 Å². The lowest BCUT2D eigenvalue weighted by atomic mass is 9.95. The normalized spacial score (nSPS) is 18.7. The number of alkyl halides is 3. The molecular formula is C11H12F3N. The van der Waals surface area contributed by atoms with Crippen molar-refractivity contribution in [2.75, 3.05) is 12.4 Å². The standard InChI is InChI=1S/C11H12F3N/c1-15-9-4-2-8(3-5-9)10(6-7-10)11(12,13)14/h2-5,15H,6-7H2,1H3. The second-order valence-electron chi connectivity index (χ2n) is 3.91. The van der Waals surface area contributed by atoms with Gasteiger partial charge in [-0.2, -0.15) is 13.2 Å². The van der Waals surface area contributed by atoms with Crippen molar-refractivity contribution >= 4 is 5.69 Å². The van der Waals surface area contributed by atoms with Crippen LogP contribution in [0.4, 0.5) is 18.9 Å². The van der Waals surface area contributed by atoms with Gasteiger partial charge in [0.05, 0.1) is 5.41 Å². The van der Waals surface area contributed by atoms with Gasteiger partial charge in [-0.1, -0.05) is 12.1 Å². The van der Waals surface area contributed by atoms with E-state index in [2.05, 4.69) is 5.32 Å². The lowest BCUT2D eigenvalue weighted by molar-refractivity contribution is -0.160. The summed E-state index contributed by atoms with van der Waals surface area (Å²) in [4.78, 5) is 0. The van der Waals surface area contributed by atoms with Crippen LogP contribution in [0.2, 0.25) is 0 Å². The molecule has 0 heterocycles. The van der Waals surface area contributed by atoms with Crippen LogP contribution in [0.25, 0.3) is 0 Å². The van der Waals surface area contributed by atoms with Crippen molar-refractivity contribution in [1.29, 1.82) is 0 Å². The summed E-state index contributed by atoms with van der Waals surface area (Å²) < 4.78 is 38.2. The summed E-state index contributed by atoms with van der Waals surface area (Å²) in [5.41, 5.74) is -0.343. The summed E-state index contributed by atoms with van der Waals surface area (Å²) in [5, 5.41) is 2.88. The number of hydrogen-bond acceptors (Lipinski definition) is 1. The fourth-order valence-corrected chi connectivity index (χ4v) is 1.82. The summed E-state index contributed by atoms with van der Waals surface area (Å²) in [6, 6.07) is 6.49. The van der Waals surface area contributed by atoms with Gasteiger partial charge in [0.1, 0.15) is 0 Å². The third-order valence-corrected chi connectivity index (χ3v) is 3.02. The van der Waals surface area contributed by atoms with E-state index in [1.165, 1.54) is 0 Å². The van der Waals surface area contributed by atoms with Crippen LogP contribution < -0.4 is 5.32 Å². The van der Waals surface area contributed by atoms with Gasteiger partial charge in [-0.25, -0.2) is 0 Å². The molecule has 1 aromatic rings. The van der Waals surface area contributed by atoms with E-state index >= 15 is 0 Å². The van der Waals surface area contributed by atoms with Crippen molar-refractivity contribution in [3.63, 3.8) is 0 Å². The predicted molar refractivity (Wildman–Crippen MR) is 53.0 cm³/mol. The molecule has 0 unspecified atom stereocenters. The highest BCUT2D eigenvalue weighted by molar-refractivity contribution is 5.47. The van der Waals surface area contributed by atoms with E-state index in [0.29, 0.717) is 5.56 Å². The molecule has 1 N–H and O–H groups in total. The number of benzene rings is 1. The van der Waals surface area contributed by atoms with E-state index in [4.69, 9.17) is 0 Å². The van der Waals surface area contributed by atoms with Crippen molar-refractivity contribution in [3.05, 3.63) is 29.8 Å². The maximum absolute atomic E-state index is 12.7. The van der Waals surface area contributed by atoms with E-state index < -0.39 is 11.6 Å². The first-order valence-corrected chi connectivity index (χ1v) is 4.85. The Balaban J connectivity index is 2.30. The number of halogens is 3. The van der Waals surface area contributed by atoms with Crippen molar-refractivity contribution in [3.8, 4) is 0 Å². The molecule has 82 valence electrons. The number of hydrogen-bond donors (Lipinski definition) is 1. The van der Waals surface area contributed by atoms with Crippen molar-refractivity contribution < 1.29 is 13.2 Å². The van der Waals surface area contributed by atoms with Crippen LogP contribution in [0.15, 0.2) is 24.3 Å². The van der Waals surface area contributed by atoms with Gasteiger partial charge in [0, 0.05) is 12.7 Å². The zero-order chi connectivity index (χ0) is 11.1. The van der Waals surface area contributed by atoms with E-state index in [-0.39, 0.29) is 12.8 Å². The van der Waals surface area contributed by atoms with Crippen LogP contribution in [-0.2, 0) is 5.41 Å². The lowest BCUT2D eigenvalue weighted by Gasteiger charge is -2.19. The Morgan fingerprint density at radius 1 is 1.13 bits per heavy atom. The molecule has 0 aromatic heterocycles. The maximum Gasteiger partial charge on any atom is 0.398 e. The van der Waals surface area contributed by atoms with Crippen LogP contribution in [0.3, 0.4) is 0 Å². The molecule has 0 amide bonds. The Hall–Kier alpha value is -1.19. The van der Waals surface area contributed by atoms with Crippen LogP contribution >= 0.6 is 0 Å². The lowest BCUT2D eigenvalue weighted by Crippen LogP contribution is -2.28. The molecule has 0 spiro atoms. The zero-order valence-corrected chi connectivity index (χ0v) is 8.36. The van der Waals surface area contributed by atoms with Gasteiger partial charge in [-0.15, -0.1) is 0 Å². The maximum atomic E-state index is 12.7. The fraction of sp³-hybridized carbons (Fsp3) is 0.455. The van der Waals surface area contributed by atoms with E-state index in [0.717, 1.165) is 5.69 Å². The third-order valence-electron chi connectivity index (χ3n) is 3.02. The van der Waals surface area contributed by atoms with Gasteiger partial charge in [-0.3, -0.25) is 0 Å². The average molecular weight is 215 g/mol. The van der Waals surface area contributed by atoms with Crippen molar-refractivity contribution in [1.82, 2.24) is 0 Å². The molecule has 0 radical (unpaired) electrons. The van der Waals surface area contributed by atoms with Gasteiger partial charge in [0.15, 0.2) is 0 Å². The smallest absolute Gasteiger partial charge is 0.388 e. The monoisotopic (exact) mass is 215 g/mol. The molecule has 1 saturated carbocycles. The Morgan fingerprint density at radius 2 is 1.67 bits per heavy atom. The molecule has 1 aliphatic rings. The Bertz CT molecular complexity index is 349. The Labute approximate surface area is 86.3 Å². The summed E-state index contributed by atoms with van der Waals surface area (Å²) in [6.45, 7) is 0. The number of nitrogens with one attached hydrogen (secondary N) is 1. The minimum Gasteiger partial charge on any atom is -0.388 e. The number of rotatable bonds is 2. The third kappa shape index (κ3) is 1.58. The van der Waals surface area contributed by atoms with Crippen molar-refractivity contribution in [2.24, 2.45) is 0 Å². The van der Waals surface area contributed by atoms with Gasteiger partial charge >= 0.3 is 6.18 Å². The van der Waals surface area contributed by atoms with Gasteiger partial charge in [0.25, 0.3) is 0 Å². The topological polar surface area (TPSA) is 12.0 Å². The molecule has 1 aliphatic carbocycles. The van der Waals surface area contributed by atoms with Crippen LogP contribution in [0.1, 0.15) is 18.4 Å². The fourth-order valence-electron chi connectivity index (χ4n) is 1.82. The van der Waals surface area contributed by atoms with Gasteiger partial charge in [0.2, 0.25) is 0 Å². The molecule has 1 nitrogen and oxygen atoms in total. The molecule has 2 rings (SSSR count). The van der Waals surface area contributed by atoms with E-state index in [1.807, 2.05) is 0 Å². The average Bonchev–Trinajstić information content (AvgIpc) is 2.98. The highest BCUT2D eigenvalue weighted by Gasteiger charge is 2.64. The number of anilines is 1. The first-order valence-electron chi connectivity index (χ1n) is 4.85. The first kappa shape index (κ1) is 10.3. The highest BCUT2D eigenvalue weighted by atomic mass is 19.4. The molecular weight excluding hydrogens is 203 g/mol. The summed E-state index contributed by atoms with van der Waals surface area (Å²) in [7, 11) is 1.74. The van der Waals surface area contributed by atoms with E-state index in [1.54, 1.807) is 31.3 Å². The van der Waals surface area contributed by atoms with Crippen LogP contribution in [0.5, 0.6) is 0 Å². The second-order valence-corrected chi connectivity index (χ2v) is 3.91. The second kappa shape index (κ2) is 3.15. The van der Waals surface area contributed by atoms with Crippen LogP contribution in [0, 0.1) is 0 Å². The van der Waals surface area contributed by atoms with Gasteiger partial charge < -0.3 is 5.32 Å². The molecule has 0 aliphatic heterocycles. The molecule has 0 atom stereocenters. The predicted octanol–water partition coefficient (Wildman–Crippen LogP) is 3.32. The Kier molecular flexibility index (Phi) is 2.17. The molecule has 0 bridgehead atoms. The highest BCUT2D eigenvalue weighted by Crippen LogP contribution is 2.58. The quantitative estimate of drug-likeness (QED) is 0.797. The van der Waals surface area contributed by atoms with Crippen molar-refractivity contribution in [2.45, 2.75) is 24.4 Å². The zero-order valence-electron chi connectivity index (χ0n) is 8.36. The first-order chi connectivity index (χ1) is 6.99. The minimum atomic E-state index is -4.12. The molecule has 1 fully saturated rings. The summed E-state index contributed by atoms with van der Waals surface area (Å²) >= 11 is 0. The van der Waals surface area contributed by atoms with Crippen LogP contribution in [-0.4, -0.2) is 13.2 Å². The summed E-state index contributed by atoms with van der Waals surface area (Å²) in [5.74, 6) is 0. The molecule has 1 aromatic carbocycles. The largest absolute Gasteiger partial charge is 0.398 e. The Morgan fingerprint density at radius 3 is 2.00 bits per heavy atom. The van der Waals surface area contributed by atoms with E-state index in [9.17, 15) is 13.2 Å². The molecule has 4 heteroatoms. The summed E-state index contributed by atoms with van der Waals surface area (Å²) in [6.07, 6.45) is -3.68. The minimum absolute atomic E-state index is 0.218. The molecule has 15 heavy (non-hydrogen) atoms. The molecule has 0 saturated heterocycles.